The maximum Gasteiger partial charge on any atom is 0.492 e. The van der Waals surface area contributed by atoms with Crippen molar-refractivity contribution in [3.8, 4) is 0 Å². The molecule has 0 unspecified atom stereocenters. The van der Waals surface area contributed by atoms with Crippen LogP contribution in [0.25, 0.3) is 6.08 Å². The molecule has 0 aromatic carbocycles. The largest absolute Gasteiger partial charge is 0.492 e. The van der Waals surface area contributed by atoms with Crippen LogP contribution in [0.2, 0.25) is 0 Å². The average molecular weight is 376 g/mol. The monoisotopic (exact) mass is 376 g/mol. The first-order valence-corrected chi connectivity index (χ1v) is 8.89. The van der Waals surface area contributed by atoms with Gasteiger partial charge < -0.3 is 25.1 Å². The highest BCUT2D eigenvalue weighted by atomic mass is 16.7. The van der Waals surface area contributed by atoms with E-state index in [-0.39, 0.29) is 12.5 Å². The quantitative estimate of drug-likeness (QED) is 0.778. The van der Waals surface area contributed by atoms with Gasteiger partial charge in [-0.3, -0.25) is 0 Å². The second kappa shape index (κ2) is 7.48. The molecule has 0 bridgehead atoms. The van der Waals surface area contributed by atoms with Gasteiger partial charge in [0.1, 0.15) is 5.60 Å². The SMILES string of the molecule is CC(C)(C)OC(=O)NCC(=Cc1cnc(N)nc1)B1OC(C)(C)C(C)(C)O1. The van der Waals surface area contributed by atoms with Crippen LogP contribution in [-0.4, -0.2) is 46.5 Å². The van der Waals surface area contributed by atoms with Crippen LogP contribution in [-0.2, 0) is 14.0 Å². The van der Waals surface area contributed by atoms with Crippen LogP contribution in [0.15, 0.2) is 17.9 Å². The number of carbonyl (C=O) groups excluding carboxylic acids is 1. The summed E-state index contributed by atoms with van der Waals surface area (Å²) in [6.07, 6.45) is 4.50. The first-order chi connectivity index (χ1) is 12.3. The average Bonchev–Trinajstić information content (AvgIpc) is 2.72. The fraction of sp³-hybridized carbons (Fsp3) is 0.611. The van der Waals surface area contributed by atoms with Crippen molar-refractivity contribution < 1.29 is 18.8 Å². The van der Waals surface area contributed by atoms with Gasteiger partial charge in [0.2, 0.25) is 5.95 Å². The number of nitrogens with one attached hydrogen (secondary N) is 1. The van der Waals surface area contributed by atoms with Crippen LogP contribution in [0, 0.1) is 0 Å². The number of nitrogen functional groups attached to an aromatic ring is 1. The molecule has 1 aliphatic heterocycles. The number of aromatic nitrogens is 2. The Labute approximate surface area is 161 Å². The van der Waals surface area contributed by atoms with E-state index in [0.29, 0.717) is 5.47 Å². The Bertz CT molecular complexity index is 695. The summed E-state index contributed by atoms with van der Waals surface area (Å²) in [6, 6.07) is 0. The predicted octanol–water partition coefficient (Wildman–Crippen LogP) is 2.60. The van der Waals surface area contributed by atoms with E-state index in [1.165, 1.54) is 0 Å². The van der Waals surface area contributed by atoms with Gasteiger partial charge in [-0.2, -0.15) is 0 Å². The van der Waals surface area contributed by atoms with Gasteiger partial charge in [-0.1, -0.05) is 6.08 Å². The first-order valence-electron chi connectivity index (χ1n) is 8.89. The van der Waals surface area contributed by atoms with E-state index in [0.717, 1.165) is 5.56 Å². The summed E-state index contributed by atoms with van der Waals surface area (Å²) < 4.78 is 17.5. The molecule has 2 heterocycles. The highest BCUT2D eigenvalue weighted by molar-refractivity contribution is 6.56. The Morgan fingerprint density at radius 1 is 1.22 bits per heavy atom. The normalized spacial score (nSPS) is 19.1. The number of nitrogens with two attached hydrogens (primary N) is 1. The minimum atomic E-state index is -0.623. The fourth-order valence-corrected chi connectivity index (χ4v) is 2.32. The van der Waals surface area contributed by atoms with Gasteiger partial charge in [-0.05, 0) is 53.9 Å². The smallest absolute Gasteiger partial charge is 0.444 e. The number of hydrogen-bond acceptors (Lipinski definition) is 7. The number of ether oxygens (including phenoxy) is 1. The summed E-state index contributed by atoms with van der Waals surface area (Å²) in [7, 11) is -0.623. The maximum atomic E-state index is 12.0. The minimum Gasteiger partial charge on any atom is -0.444 e. The zero-order valence-electron chi connectivity index (χ0n) is 17.1. The van der Waals surface area contributed by atoms with E-state index >= 15 is 0 Å². The zero-order valence-corrected chi connectivity index (χ0v) is 17.1. The van der Waals surface area contributed by atoms with Crippen molar-refractivity contribution in [3.63, 3.8) is 0 Å². The van der Waals surface area contributed by atoms with Crippen LogP contribution in [0.1, 0.15) is 54.0 Å². The lowest BCUT2D eigenvalue weighted by Crippen LogP contribution is -2.41. The maximum absolute atomic E-state index is 12.0. The highest BCUT2D eigenvalue weighted by Gasteiger charge is 2.52. The summed E-state index contributed by atoms with van der Waals surface area (Å²) >= 11 is 0. The minimum absolute atomic E-state index is 0.191. The van der Waals surface area contributed by atoms with E-state index in [1.54, 1.807) is 12.4 Å². The zero-order chi connectivity index (χ0) is 20.5. The van der Waals surface area contributed by atoms with Gasteiger partial charge in [0, 0.05) is 24.5 Å². The standard InChI is InChI=1S/C18H29BN4O4/c1-16(2,3)25-15(24)23-11-13(8-12-9-21-14(20)22-10-12)19-26-17(4,5)18(6,7)27-19/h8-10H,11H2,1-7H3,(H,23,24)(H2,20,21,22). The van der Waals surface area contributed by atoms with Gasteiger partial charge in [0.15, 0.2) is 0 Å². The van der Waals surface area contributed by atoms with Crippen molar-refractivity contribution in [2.75, 3.05) is 12.3 Å². The van der Waals surface area contributed by atoms with Crippen molar-refractivity contribution in [2.24, 2.45) is 0 Å². The Balaban J connectivity index is 2.22. The van der Waals surface area contributed by atoms with E-state index < -0.39 is 30.0 Å². The highest BCUT2D eigenvalue weighted by Crippen LogP contribution is 2.38. The molecule has 0 spiro atoms. The van der Waals surface area contributed by atoms with Gasteiger partial charge in [-0.15, -0.1) is 0 Å². The second-order valence-electron chi connectivity index (χ2n) is 8.54. The molecule has 1 aromatic heterocycles. The van der Waals surface area contributed by atoms with E-state index in [2.05, 4.69) is 15.3 Å². The van der Waals surface area contributed by atoms with E-state index in [9.17, 15) is 4.79 Å². The van der Waals surface area contributed by atoms with Crippen molar-refractivity contribution in [1.29, 1.82) is 0 Å². The third-order valence-electron chi connectivity index (χ3n) is 4.44. The van der Waals surface area contributed by atoms with Crippen LogP contribution in [0.5, 0.6) is 0 Å². The molecule has 1 fully saturated rings. The molecule has 1 amide bonds. The number of rotatable bonds is 4. The molecule has 0 atom stereocenters. The van der Waals surface area contributed by atoms with Crippen LogP contribution in [0.4, 0.5) is 10.7 Å². The molecular formula is C18H29BN4O4. The molecule has 0 saturated carbocycles. The fourth-order valence-electron chi connectivity index (χ4n) is 2.32. The first kappa shape index (κ1) is 21.2. The third kappa shape index (κ3) is 5.67. The summed E-state index contributed by atoms with van der Waals surface area (Å²) in [6.45, 7) is 13.5. The Hall–Kier alpha value is -2.13. The van der Waals surface area contributed by atoms with Gasteiger partial charge >= 0.3 is 13.2 Å². The number of anilines is 1. The summed E-state index contributed by atoms with van der Waals surface area (Å²) in [5.74, 6) is 0.191. The summed E-state index contributed by atoms with van der Waals surface area (Å²) in [5.41, 5.74) is 5.40. The van der Waals surface area contributed by atoms with Crippen LogP contribution >= 0.6 is 0 Å². The van der Waals surface area contributed by atoms with Crippen LogP contribution < -0.4 is 11.1 Å². The molecule has 0 aliphatic carbocycles. The van der Waals surface area contributed by atoms with Crippen molar-refractivity contribution in [2.45, 2.75) is 65.3 Å². The summed E-state index contributed by atoms with van der Waals surface area (Å²) in [4.78, 5) is 20.0. The summed E-state index contributed by atoms with van der Waals surface area (Å²) in [5, 5.41) is 2.75. The Morgan fingerprint density at radius 3 is 2.22 bits per heavy atom. The molecule has 3 N–H and O–H groups in total. The van der Waals surface area contributed by atoms with E-state index in [1.807, 2.05) is 54.5 Å². The molecule has 148 valence electrons. The molecule has 1 aromatic rings. The van der Waals surface area contributed by atoms with E-state index in [4.69, 9.17) is 19.8 Å². The number of nitrogens with zero attached hydrogens (tertiary/aromatic N) is 2. The molecule has 0 radical (unpaired) electrons. The number of carbonyl (C=O) groups is 1. The lowest BCUT2D eigenvalue weighted by Gasteiger charge is -2.32. The molecule has 1 aliphatic rings. The number of amides is 1. The molecule has 27 heavy (non-hydrogen) atoms. The van der Waals surface area contributed by atoms with Crippen molar-refractivity contribution in [1.82, 2.24) is 15.3 Å². The molecule has 8 nitrogen and oxygen atoms in total. The number of alkyl carbamates (subject to hydrolysis) is 1. The topological polar surface area (TPSA) is 109 Å². The van der Waals surface area contributed by atoms with Gasteiger partial charge in [0.25, 0.3) is 0 Å². The predicted molar refractivity (Wildman–Crippen MR) is 105 cm³/mol. The second-order valence-corrected chi connectivity index (χ2v) is 8.54. The Morgan fingerprint density at radius 2 is 1.74 bits per heavy atom. The molecule has 9 heteroatoms. The van der Waals surface area contributed by atoms with Gasteiger partial charge in [-0.25, -0.2) is 14.8 Å². The van der Waals surface area contributed by atoms with Crippen LogP contribution in [0.3, 0.4) is 0 Å². The molecular weight excluding hydrogens is 347 g/mol. The molecule has 1 saturated heterocycles. The lowest BCUT2D eigenvalue weighted by molar-refractivity contribution is 0.00578. The van der Waals surface area contributed by atoms with Gasteiger partial charge in [0.05, 0.1) is 11.2 Å². The van der Waals surface area contributed by atoms with Crippen molar-refractivity contribution >= 4 is 25.2 Å². The van der Waals surface area contributed by atoms with Crippen molar-refractivity contribution in [3.05, 3.63) is 23.4 Å². The number of hydrogen-bond donors (Lipinski definition) is 2. The third-order valence-corrected chi connectivity index (χ3v) is 4.44. The Kier molecular flexibility index (Phi) is 5.87. The molecule has 2 rings (SSSR count). The lowest BCUT2D eigenvalue weighted by atomic mass is 9.77.